The molecule has 0 spiro atoms. The number of aromatic nitrogens is 5. The normalized spacial score (nSPS) is 14.8. The summed E-state index contributed by atoms with van der Waals surface area (Å²) in [6.07, 6.45) is 7.46. The Morgan fingerprint density at radius 1 is 1.16 bits per heavy atom. The summed E-state index contributed by atoms with van der Waals surface area (Å²) < 4.78 is 7.94. The Bertz CT molecular complexity index is 995. The zero-order chi connectivity index (χ0) is 21.8. The highest BCUT2D eigenvalue weighted by atomic mass is 16.5. The minimum Gasteiger partial charge on any atom is -0.494 e. The van der Waals surface area contributed by atoms with E-state index in [1.165, 1.54) is 5.56 Å². The summed E-state index contributed by atoms with van der Waals surface area (Å²) in [5.74, 6) is 2.89. The second-order valence-electron chi connectivity index (χ2n) is 8.29. The third kappa shape index (κ3) is 4.78. The van der Waals surface area contributed by atoms with Gasteiger partial charge in [-0.1, -0.05) is 13.8 Å². The van der Waals surface area contributed by atoms with Gasteiger partial charge in [-0.2, -0.15) is 4.98 Å². The molecule has 8 heteroatoms. The van der Waals surface area contributed by atoms with Crippen LogP contribution < -0.4 is 15.0 Å². The number of hydrogen-bond acceptors (Lipinski definition) is 7. The van der Waals surface area contributed by atoms with Gasteiger partial charge in [-0.05, 0) is 61.9 Å². The fourth-order valence-corrected chi connectivity index (χ4v) is 4.03. The first-order valence-corrected chi connectivity index (χ1v) is 11.0. The zero-order valence-corrected chi connectivity index (χ0v) is 18.7. The lowest BCUT2D eigenvalue weighted by molar-refractivity contribution is 0.335. The van der Waals surface area contributed by atoms with Gasteiger partial charge >= 0.3 is 0 Å². The Hall–Kier alpha value is -3.16. The number of benzene rings is 1. The number of piperidine rings is 1. The smallest absolute Gasteiger partial charge is 0.227 e. The molecule has 3 heterocycles. The van der Waals surface area contributed by atoms with E-state index < -0.39 is 0 Å². The molecule has 1 aliphatic rings. The quantitative estimate of drug-likeness (QED) is 0.602. The number of anilines is 3. The summed E-state index contributed by atoms with van der Waals surface area (Å²) in [6.45, 7) is 11.0. The molecule has 4 rings (SSSR count). The van der Waals surface area contributed by atoms with Crippen molar-refractivity contribution in [2.45, 2.75) is 52.5 Å². The van der Waals surface area contributed by atoms with Crippen molar-refractivity contribution in [3.05, 3.63) is 48.2 Å². The number of rotatable bonds is 7. The molecule has 0 atom stereocenters. The fraction of sp³-hybridized carbons (Fsp3) is 0.478. The van der Waals surface area contributed by atoms with E-state index in [-0.39, 0.29) is 0 Å². The van der Waals surface area contributed by atoms with Crippen molar-refractivity contribution >= 4 is 17.5 Å². The van der Waals surface area contributed by atoms with Crippen molar-refractivity contribution < 1.29 is 4.74 Å². The van der Waals surface area contributed by atoms with Crippen LogP contribution in [0.4, 0.5) is 17.5 Å². The van der Waals surface area contributed by atoms with Gasteiger partial charge in [0.15, 0.2) is 0 Å². The highest BCUT2D eigenvalue weighted by molar-refractivity contribution is 5.64. The molecule has 0 saturated carbocycles. The highest BCUT2D eigenvalue weighted by Gasteiger charge is 2.22. The number of hydrogen-bond donors (Lipinski definition) is 1. The molecular formula is C23H31N7O. The molecule has 1 N–H and O–H groups in total. The summed E-state index contributed by atoms with van der Waals surface area (Å²) in [5.41, 5.74) is 3.37. The van der Waals surface area contributed by atoms with Crippen LogP contribution in [-0.2, 0) is 0 Å². The maximum Gasteiger partial charge on any atom is 0.227 e. The molecule has 3 aromatic rings. The molecule has 31 heavy (non-hydrogen) atoms. The SMILES string of the molecule is CCOc1cc(C)c(Nc2ccnc(N3CCC(n4cnnc4)CC3)n2)cc1C(C)C. The standard InChI is InChI=1S/C23H31N7O/c1-5-31-21-12-17(4)20(13-19(21)16(2)3)27-22-6-9-24-23(28-22)29-10-7-18(8-11-29)30-14-25-26-15-30/h6,9,12-16,18H,5,7-8,10-11H2,1-4H3,(H,24,27,28). The molecule has 1 saturated heterocycles. The van der Waals surface area contributed by atoms with E-state index >= 15 is 0 Å². The lowest BCUT2D eigenvalue weighted by atomic mass is 9.99. The van der Waals surface area contributed by atoms with Crippen LogP contribution in [0.25, 0.3) is 0 Å². The predicted molar refractivity (Wildman–Crippen MR) is 122 cm³/mol. The summed E-state index contributed by atoms with van der Waals surface area (Å²) in [7, 11) is 0. The maximum atomic E-state index is 5.85. The van der Waals surface area contributed by atoms with Crippen molar-refractivity contribution in [2.75, 3.05) is 29.9 Å². The van der Waals surface area contributed by atoms with Crippen LogP contribution >= 0.6 is 0 Å². The van der Waals surface area contributed by atoms with Crippen molar-refractivity contribution in [1.29, 1.82) is 0 Å². The van der Waals surface area contributed by atoms with Gasteiger partial charge in [0.05, 0.1) is 6.61 Å². The van der Waals surface area contributed by atoms with E-state index in [9.17, 15) is 0 Å². The molecule has 0 aliphatic carbocycles. The van der Waals surface area contributed by atoms with Gasteiger partial charge in [0.1, 0.15) is 24.2 Å². The summed E-state index contributed by atoms with van der Waals surface area (Å²) in [5, 5.41) is 11.3. The highest BCUT2D eigenvalue weighted by Crippen LogP contribution is 2.33. The minimum absolute atomic E-state index is 0.371. The Labute approximate surface area is 183 Å². The largest absolute Gasteiger partial charge is 0.494 e. The molecule has 0 unspecified atom stereocenters. The second-order valence-corrected chi connectivity index (χ2v) is 8.29. The molecule has 164 valence electrons. The minimum atomic E-state index is 0.371. The van der Waals surface area contributed by atoms with Gasteiger partial charge in [-0.3, -0.25) is 0 Å². The Balaban J connectivity index is 1.48. The Morgan fingerprint density at radius 3 is 2.58 bits per heavy atom. The molecule has 0 radical (unpaired) electrons. The average molecular weight is 422 g/mol. The zero-order valence-electron chi connectivity index (χ0n) is 18.7. The predicted octanol–water partition coefficient (Wildman–Crippen LogP) is 4.48. The van der Waals surface area contributed by atoms with Gasteiger partial charge in [-0.25, -0.2) is 4.98 Å². The number of aryl methyl sites for hydroxylation is 1. The van der Waals surface area contributed by atoms with Crippen LogP contribution in [0.3, 0.4) is 0 Å². The number of nitrogens with one attached hydrogen (secondary N) is 1. The van der Waals surface area contributed by atoms with E-state index in [1.807, 2.05) is 19.2 Å². The van der Waals surface area contributed by atoms with Crippen molar-refractivity contribution in [3.8, 4) is 5.75 Å². The topological polar surface area (TPSA) is 81.0 Å². The van der Waals surface area contributed by atoms with E-state index in [0.29, 0.717) is 18.6 Å². The molecule has 1 aromatic carbocycles. The van der Waals surface area contributed by atoms with Gasteiger partial charge in [-0.15, -0.1) is 10.2 Å². The van der Waals surface area contributed by atoms with Crippen LogP contribution in [0, 0.1) is 6.92 Å². The molecule has 1 aliphatic heterocycles. The van der Waals surface area contributed by atoms with Crippen LogP contribution in [-0.4, -0.2) is 44.4 Å². The van der Waals surface area contributed by atoms with Gasteiger partial charge < -0.3 is 19.5 Å². The van der Waals surface area contributed by atoms with Gasteiger partial charge in [0, 0.05) is 31.0 Å². The monoisotopic (exact) mass is 421 g/mol. The summed E-state index contributed by atoms with van der Waals surface area (Å²) in [6, 6.07) is 6.64. The first-order valence-electron chi connectivity index (χ1n) is 11.0. The average Bonchev–Trinajstić information content (AvgIpc) is 3.31. The fourth-order valence-electron chi connectivity index (χ4n) is 4.03. The molecule has 8 nitrogen and oxygen atoms in total. The van der Waals surface area contributed by atoms with Crippen LogP contribution in [0.5, 0.6) is 5.75 Å². The third-order valence-corrected chi connectivity index (χ3v) is 5.79. The Morgan fingerprint density at radius 2 is 1.90 bits per heavy atom. The van der Waals surface area contributed by atoms with Crippen molar-refractivity contribution in [1.82, 2.24) is 24.7 Å². The second kappa shape index (κ2) is 9.32. The first-order chi connectivity index (χ1) is 15.0. The number of nitrogens with zero attached hydrogens (tertiary/aromatic N) is 6. The molecule has 0 amide bonds. The molecule has 1 fully saturated rings. The van der Waals surface area contributed by atoms with Crippen LogP contribution in [0.1, 0.15) is 56.7 Å². The molecular weight excluding hydrogens is 390 g/mol. The summed E-state index contributed by atoms with van der Waals surface area (Å²) in [4.78, 5) is 11.6. The van der Waals surface area contributed by atoms with E-state index in [2.05, 4.69) is 62.9 Å². The van der Waals surface area contributed by atoms with Crippen molar-refractivity contribution in [2.24, 2.45) is 0 Å². The van der Waals surface area contributed by atoms with E-state index in [0.717, 1.165) is 54.7 Å². The van der Waals surface area contributed by atoms with E-state index in [4.69, 9.17) is 9.72 Å². The van der Waals surface area contributed by atoms with E-state index in [1.54, 1.807) is 12.7 Å². The summed E-state index contributed by atoms with van der Waals surface area (Å²) >= 11 is 0. The third-order valence-electron chi connectivity index (χ3n) is 5.79. The van der Waals surface area contributed by atoms with Crippen LogP contribution in [0.2, 0.25) is 0 Å². The molecule has 2 aromatic heterocycles. The van der Waals surface area contributed by atoms with Crippen molar-refractivity contribution in [3.63, 3.8) is 0 Å². The molecule has 0 bridgehead atoms. The van der Waals surface area contributed by atoms with Gasteiger partial charge in [0.25, 0.3) is 0 Å². The lowest BCUT2D eigenvalue weighted by Gasteiger charge is -2.32. The van der Waals surface area contributed by atoms with Gasteiger partial charge in [0.2, 0.25) is 5.95 Å². The number of ether oxygens (including phenoxy) is 1. The maximum absolute atomic E-state index is 5.85. The van der Waals surface area contributed by atoms with Crippen LogP contribution in [0.15, 0.2) is 37.1 Å². The Kier molecular flexibility index (Phi) is 6.34. The lowest BCUT2D eigenvalue weighted by Crippen LogP contribution is -2.35. The first kappa shape index (κ1) is 21.1.